The largest absolute Gasteiger partial charge is 0.386 e. The number of halogens is 2. The number of aliphatic hydroxyl groups excluding tert-OH is 1. The number of carbonyl (C=O) groups excluding carboxylic acids is 1. The first-order valence-electron chi connectivity index (χ1n) is 8.44. The van der Waals surface area contributed by atoms with Crippen LogP contribution in [0.1, 0.15) is 29.5 Å². The topological polar surface area (TPSA) is 61.6 Å². The van der Waals surface area contributed by atoms with Crippen molar-refractivity contribution in [2.24, 2.45) is 0 Å². The van der Waals surface area contributed by atoms with E-state index in [9.17, 15) is 18.7 Å². The Labute approximate surface area is 150 Å². The van der Waals surface area contributed by atoms with Gasteiger partial charge in [0, 0.05) is 33.7 Å². The summed E-state index contributed by atoms with van der Waals surface area (Å²) in [5, 5.41) is 14.6. The summed E-state index contributed by atoms with van der Waals surface area (Å²) in [6, 6.07) is 5.72. The molecular weight excluding hydrogens is 342 g/mol. The summed E-state index contributed by atoms with van der Waals surface area (Å²) in [6.07, 6.45) is -0.954. The monoisotopic (exact) mass is 364 g/mol. The highest BCUT2D eigenvalue weighted by molar-refractivity contribution is 5.76. The molecule has 1 aromatic carbocycles. The summed E-state index contributed by atoms with van der Waals surface area (Å²) < 4.78 is 28.2. The summed E-state index contributed by atoms with van der Waals surface area (Å²) in [5.74, 6) is -1.86. The van der Waals surface area contributed by atoms with E-state index in [2.05, 4.69) is 10.00 Å². The molecule has 0 bridgehead atoms. The second kappa shape index (κ2) is 7.51. The number of fused-ring (bicyclic) bond motifs is 1. The molecule has 0 saturated heterocycles. The molecule has 2 aromatic rings. The highest BCUT2D eigenvalue weighted by Gasteiger charge is 2.23. The Bertz CT molecular complexity index is 806. The lowest BCUT2D eigenvalue weighted by molar-refractivity contribution is -0.130. The lowest BCUT2D eigenvalue weighted by Gasteiger charge is -2.27. The summed E-state index contributed by atoms with van der Waals surface area (Å²) >= 11 is 0. The van der Waals surface area contributed by atoms with Crippen LogP contribution in [-0.2, 0) is 24.4 Å². The van der Waals surface area contributed by atoms with Gasteiger partial charge in [0.15, 0.2) is 11.6 Å². The van der Waals surface area contributed by atoms with Crippen LogP contribution in [0.15, 0.2) is 24.3 Å². The van der Waals surface area contributed by atoms with Crippen LogP contribution >= 0.6 is 0 Å². The highest BCUT2D eigenvalue weighted by atomic mass is 19.2. The fourth-order valence-corrected chi connectivity index (χ4v) is 2.99. The van der Waals surface area contributed by atoms with Crippen LogP contribution in [0.3, 0.4) is 0 Å². The number of aliphatic hydroxyl groups is 1. The minimum absolute atomic E-state index is 0.0119. The van der Waals surface area contributed by atoms with Crippen molar-refractivity contribution in [1.82, 2.24) is 19.6 Å². The van der Waals surface area contributed by atoms with Crippen molar-refractivity contribution in [3.05, 3.63) is 52.9 Å². The van der Waals surface area contributed by atoms with Gasteiger partial charge < -0.3 is 10.0 Å². The van der Waals surface area contributed by atoms with Crippen LogP contribution in [0.4, 0.5) is 8.78 Å². The van der Waals surface area contributed by atoms with Gasteiger partial charge in [0.05, 0.1) is 24.4 Å². The van der Waals surface area contributed by atoms with E-state index in [-0.39, 0.29) is 12.3 Å². The van der Waals surface area contributed by atoms with Crippen molar-refractivity contribution in [2.45, 2.75) is 32.2 Å². The van der Waals surface area contributed by atoms with Crippen LogP contribution < -0.4 is 0 Å². The Hall–Kier alpha value is -2.32. The molecule has 26 heavy (non-hydrogen) atoms. The van der Waals surface area contributed by atoms with E-state index in [0.29, 0.717) is 37.4 Å². The molecule has 1 atom stereocenters. The van der Waals surface area contributed by atoms with Gasteiger partial charge in [-0.15, -0.1) is 0 Å². The second-order valence-corrected chi connectivity index (χ2v) is 6.75. The molecule has 140 valence electrons. The van der Waals surface area contributed by atoms with Crippen LogP contribution in [-0.4, -0.2) is 51.2 Å². The van der Waals surface area contributed by atoms with Crippen LogP contribution in [0.2, 0.25) is 0 Å². The minimum Gasteiger partial charge on any atom is -0.386 e. The van der Waals surface area contributed by atoms with Crippen LogP contribution in [0.5, 0.6) is 0 Å². The van der Waals surface area contributed by atoms with E-state index in [1.807, 2.05) is 4.68 Å². The smallest absolute Gasteiger partial charge is 0.225 e. The molecule has 1 aliphatic rings. The number of aromatic nitrogens is 2. The van der Waals surface area contributed by atoms with E-state index < -0.39 is 17.7 Å². The predicted molar refractivity (Wildman–Crippen MR) is 91.0 cm³/mol. The van der Waals surface area contributed by atoms with Gasteiger partial charge >= 0.3 is 0 Å². The van der Waals surface area contributed by atoms with Crippen molar-refractivity contribution >= 4 is 5.91 Å². The van der Waals surface area contributed by atoms with E-state index in [1.54, 1.807) is 26.2 Å². The number of benzene rings is 1. The van der Waals surface area contributed by atoms with E-state index in [0.717, 1.165) is 11.8 Å². The summed E-state index contributed by atoms with van der Waals surface area (Å²) in [4.78, 5) is 15.3. The maximum atomic E-state index is 13.4. The third-order valence-corrected chi connectivity index (χ3v) is 4.49. The average Bonchev–Trinajstić information content (AvgIpc) is 3.01. The zero-order valence-corrected chi connectivity index (χ0v) is 14.8. The molecule has 1 N–H and O–H groups in total. The van der Waals surface area contributed by atoms with Gasteiger partial charge in [0.25, 0.3) is 0 Å². The number of nitrogens with zero attached hydrogens (tertiary/aromatic N) is 4. The standard InChI is InChI=1S/C18H22F2N4O2/c1-22(2)18(26)9-17(25)16-8-13-11-23(5-6-24(13)21-16)10-12-3-4-14(19)15(20)7-12/h3-4,7-8,17,25H,5-6,9-11H2,1-2H3. The van der Waals surface area contributed by atoms with Crippen molar-refractivity contribution in [3.63, 3.8) is 0 Å². The first-order valence-corrected chi connectivity index (χ1v) is 8.44. The quantitative estimate of drug-likeness (QED) is 0.877. The normalized spacial score (nSPS) is 15.6. The van der Waals surface area contributed by atoms with Gasteiger partial charge in [0.2, 0.25) is 5.91 Å². The number of amides is 1. The van der Waals surface area contributed by atoms with Gasteiger partial charge in [-0.2, -0.15) is 5.10 Å². The Morgan fingerprint density at radius 1 is 1.27 bits per heavy atom. The van der Waals surface area contributed by atoms with Crippen LogP contribution in [0, 0.1) is 11.6 Å². The lowest BCUT2D eigenvalue weighted by Crippen LogP contribution is -2.33. The molecule has 1 aliphatic heterocycles. The summed E-state index contributed by atoms with van der Waals surface area (Å²) in [5.41, 5.74) is 2.10. The second-order valence-electron chi connectivity index (χ2n) is 6.75. The zero-order valence-electron chi connectivity index (χ0n) is 14.8. The fraction of sp³-hybridized carbons (Fsp3) is 0.444. The molecule has 0 radical (unpaired) electrons. The van der Waals surface area contributed by atoms with Gasteiger partial charge in [-0.25, -0.2) is 8.78 Å². The van der Waals surface area contributed by atoms with E-state index >= 15 is 0 Å². The molecule has 0 saturated carbocycles. The first-order chi connectivity index (χ1) is 12.3. The molecule has 0 spiro atoms. The molecule has 1 amide bonds. The van der Waals surface area contributed by atoms with Crippen LogP contribution in [0.25, 0.3) is 0 Å². The maximum absolute atomic E-state index is 13.4. The number of hydrogen-bond acceptors (Lipinski definition) is 4. The van der Waals surface area contributed by atoms with Gasteiger partial charge in [-0.05, 0) is 23.8 Å². The number of hydrogen-bond donors (Lipinski definition) is 1. The molecule has 0 fully saturated rings. The third-order valence-electron chi connectivity index (χ3n) is 4.49. The molecule has 3 rings (SSSR count). The predicted octanol–water partition coefficient (Wildman–Crippen LogP) is 1.69. The lowest BCUT2D eigenvalue weighted by atomic mass is 10.1. The number of carbonyl (C=O) groups is 1. The van der Waals surface area contributed by atoms with E-state index in [4.69, 9.17) is 0 Å². The molecule has 0 aliphatic carbocycles. The molecule has 1 aromatic heterocycles. The summed E-state index contributed by atoms with van der Waals surface area (Å²) in [6.45, 7) is 2.42. The Kier molecular flexibility index (Phi) is 5.33. The van der Waals surface area contributed by atoms with Crippen molar-refractivity contribution in [1.29, 1.82) is 0 Å². The Morgan fingerprint density at radius 3 is 2.73 bits per heavy atom. The molecule has 8 heteroatoms. The highest BCUT2D eigenvalue weighted by Crippen LogP contribution is 2.22. The fourth-order valence-electron chi connectivity index (χ4n) is 2.99. The SMILES string of the molecule is CN(C)C(=O)CC(O)c1cc2n(n1)CCN(Cc1ccc(F)c(F)c1)C2. The van der Waals surface area contributed by atoms with E-state index in [1.165, 1.54) is 11.0 Å². The maximum Gasteiger partial charge on any atom is 0.225 e. The summed E-state index contributed by atoms with van der Waals surface area (Å²) in [7, 11) is 3.28. The molecule has 2 heterocycles. The van der Waals surface area contributed by atoms with Crippen molar-refractivity contribution < 1.29 is 18.7 Å². The van der Waals surface area contributed by atoms with Gasteiger partial charge in [-0.1, -0.05) is 6.07 Å². The number of rotatable bonds is 5. The minimum atomic E-state index is -0.942. The van der Waals surface area contributed by atoms with Gasteiger partial charge in [-0.3, -0.25) is 14.4 Å². The third kappa shape index (κ3) is 4.08. The molecule has 1 unspecified atom stereocenters. The van der Waals surface area contributed by atoms with Crippen molar-refractivity contribution in [2.75, 3.05) is 20.6 Å². The molecular formula is C18H22F2N4O2. The Balaban J connectivity index is 1.66. The average molecular weight is 364 g/mol. The molecule has 6 nitrogen and oxygen atoms in total. The first kappa shape index (κ1) is 18.5. The van der Waals surface area contributed by atoms with Crippen molar-refractivity contribution in [3.8, 4) is 0 Å². The zero-order chi connectivity index (χ0) is 18.8. The Morgan fingerprint density at radius 2 is 2.04 bits per heavy atom. The van der Waals surface area contributed by atoms with Gasteiger partial charge in [0.1, 0.15) is 6.10 Å².